The van der Waals surface area contributed by atoms with Crippen molar-refractivity contribution in [3.05, 3.63) is 28.8 Å². The predicted molar refractivity (Wildman–Crippen MR) is 80.0 cm³/mol. The van der Waals surface area contributed by atoms with Crippen LogP contribution in [-0.2, 0) is 10.0 Å². The molecule has 0 aliphatic carbocycles. The van der Waals surface area contributed by atoms with Crippen molar-refractivity contribution in [1.82, 2.24) is 4.31 Å². The van der Waals surface area contributed by atoms with Gasteiger partial charge in [-0.05, 0) is 24.1 Å². The summed E-state index contributed by atoms with van der Waals surface area (Å²) in [5, 5.41) is 17.5. The molecule has 0 unspecified atom stereocenters. The summed E-state index contributed by atoms with van der Waals surface area (Å²) in [6.45, 7) is 4.22. The number of halogens is 1. The maximum absolute atomic E-state index is 12.6. The Morgan fingerprint density at radius 3 is 2.48 bits per heavy atom. The fourth-order valence-electron chi connectivity index (χ4n) is 1.81. The van der Waals surface area contributed by atoms with Gasteiger partial charge in [0.15, 0.2) is 0 Å². The minimum Gasteiger partial charge on any atom is -0.207 e. The normalized spacial score (nSPS) is 11.4. The fraction of sp³-hybridized carbons (Fsp3) is 0.429. The van der Waals surface area contributed by atoms with Gasteiger partial charge in [0.05, 0.1) is 22.7 Å². The van der Waals surface area contributed by atoms with E-state index >= 15 is 0 Å². The van der Waals surface area contributed by atoms with Gasteiger partial charge >= 0.3 is 0 Å². The van der Waals surface area contributed by atoms with Crippen LogP contribution < -0.4 is 0 Å². The second-order valence-corrected chi connectivity index (χ2v) is 7.24. The van der Waals surface area contributed by atoms with E-state index in [-0.39, 0.29) is 28.8 Å². The van der Waals surface area contributed by atoms with E-state index in [9.17, 15) is 8.42 Å². The SMILES string of the molecule is CC(C)CN(CCC#N)S(=O)(=O)c1ccc(C#N)cc1Cl. The summed E-state index contributed by atoms with van der Waals surface area (Å²) in [6.07, 6.45) is 0.111. The highest BCUT2D eigenvalue weighted by molar-refractivity contribution is 7.89. The maximum Gasteiger partial charge on any atom is 0.244 e. The molecule has 1 aromatic rings. The quantitative estimate of drug-likeness (QED) is 0.804. The second kappa shape index (κ2) is 7.42. The lowest BCUT2D eigenvalue weighted by atomic mass is 10.2. The lowest BCUT2D eigenvalue weighted by Crippen LogP contribution is -2.35. The highest BCUT2D eigenvalue weighted by atomic mass is 35.5. The summed E-state index contributed by atoms with van der Waals surface area (Å²) >= 11 is 5.99. The molecule has 21 heavy (non-hydrogen) atoms. The number of hydrogen-bond donors (Lipinski definition) is 0. The number of rotatable bonds is 6. The van der Waals surface area contributed by atoms with E-state index in [2.05, 4.69) is 0 Å². The first-order chi connectivity index (χ1) is 9.82. The van der Waals surface area contributed by atoms with Crippen LogP contribution in [0.1, 0.15) is 25.8 Å². The van der Waals surface area contributed by atoms with Crippen molar-refractivity contribution >= 4 is 21.6 Å². The molecule has 0 saturated heterocycles. The molecule has 0 bridgehead atoms. The van der Waals surface area contributed by atoms with E-state index in [1.807, 2.05) is 26.0 Å². The number of benzene rings is 1. The van der Waals surface area contributed by atoms with Crippen LogP contribution in [0.25, 0.3) is 0 Å². The van der Waals surface area contributed by atoms with Gasteiger partial charge in [0.1, 0.15) is 4.90 Å². The third-order valence-electron chi connectivity index (χ3n) is 2.72. The minimum atomic E-state index is -3.78. The first kappa shape index (κ1) is 17.5. The standard InChI is InChI=1S/C14H16ClN3O2S/c1-11(2)10-18(7-3-6-16)21(19,20)14-5-4-12(9-17)8-13(14)15/h4-5,8,11H,3,7,10H2,1-2H3. The molecular formula is C14H16ClN3O2S. The van der Waals surface area contributed by atoms with E-state index in [0.717, 1.165) is 0 Å². The molecule has 0 amide bonds. The topological polar surface area (TPSA) is 85.0 Å². The zero-order valence-electron chi connectivity index (χ0n) is 11.9. The molecule has 0 radical (unpaired) electrons. The molecule has 0 aromatic heterocycles. The highest BCUT2D eigenvalue weighted by Crippen LogP contribution is 2.26. The molecule has 0 saturated carbocycles. The molecule has 0 atom stereocenters. The molecule has 0 fully saturated rings. The highest BCUT2D eigenvalue weighted by Gasteiger charge is 2.27. The van der Waals surface area contributed by atoms with Crippen molar-refractivity contribution in [3.8, 4) is 12.1 Å². The van der Waals surface area contributed by atoms with Crippen LogP contribution in [0.15, 0.2) is 23.1 Å². The van der Waals surface area contributed by atoms with Gasteiger partial charge in [-0.1, -0.05) is 25.4 Å². The molecule has 0 heterocycles. The summed E-state index contributed by atoms with van der Waals surface area (Å²) in [6, 6.07) is 7.92. The molecule has 7 heteroatoms. The van der Waals surface area contributed by atoms with Gasteiger partial charge in [0.2, 0.25) is 10.0 Å². The van der Waals surface area contributed by atoms with Crippen LogP contribution in [0.5, 0.6) is 0 Å². The van der Waals surface area contributed by atoms with Crippen LogP contribution >= 0.6 is 11.6 Å². The van der Waals surface area contributed by atoms with E-state index in [0.29, 0.717) is 12.1 Å². The van der Waals surface area contributed by atoms with Gasteiger partial charge in [0.25, 0.3) is 0 Å². The van der Waals surface area contributed by atoms with Crippen molar-refractivity contribution in [2.24, 2.45) is 5.92 Å². The Labute approximate surface area is 130 Å². The van der Waals surface area contributed by atoms with Crippen molar-refractivity contribution in [2.75, 3.05) is 13.1 Å². The molecule has 1 rings (SSSR count). The van der Waals surface area contributed by atoms with E-state index < -0.39 is 10.0 Å². The van der Waals surface area contributed by atoms with Crippen molar-refractivity contribution in [2.45, 2.75) is 25.2 Å². The maximum atomic E-state index is 12.6. The van der Waals surface area contributed by atoms with E-state index in [4.69, 9.17) is 22.1 Å². The van der Waals surface area contributed by atoms with Crippen molar-refractivity contribution < 1.29 is 8.42 Å². The first-order valence-corrected chi connectivity index (χ1v) is 8.21. The van der Waals surface area contributed by atoms with Gasteiger partial charge < -0.3 is 0 Å². The van der Waals surface area contributed by atoms with E-state index in [1.165, 1.54) is 22.5 Å². The van der Waals surface area contributed by atoms with Crippen LogP contribution in [0, 0.1) is 28.6 Å². The van der Waals surface area contributed by atoms with Crippen molar-refractivity contribution in [3.63, 3.8) is 0 Å². The number of sulfonamides is 1. The Bertz CT molecular complexity index is 687. The average molecular weight is 326 g/mol. The summed E-state index contributed by atoms with van der Waals surface area (Å²) in [5.41, 5.74) is 0.298. The zero-order chi connectivity index (χ0) is 16.0. The summed E-state index contributed by atoms with van der Waals surface area (Å²) in [5.74, 6) is 0.121. The van der Waals surface area contributed by atoms with E-state index in [1.54, 1.807) is 0 Å². The first-order valence-electron chi connectivity index (χ1n) is 6.39. The molecule has 5 nitrogen and oxygen atoms in total. The Morgan fingerprint density at radius 1 is 1.33 bits per heavy atom. The molecule has 0 spiro atoms. The molecule has 0 aliphatic heterocycles. The lowest BCUT2D eigenvalue weighted by molar-refractivity contribution is 0.373. The summed E-state index contributed by atoms with van der Waals surface area (Å²) in [4.78, 5) is -0.0400. The number of nitrogens with zero attached hydrogens (tertiary/aromatic N) is 3. The third-order valence-corrected chi connectivity index (χ3v) is 5.07. The van der Waals surface area contributed by atoms with Crippen molar-refractivity contribution in [1.29, 1.82) is 10.5 Å². The Hall–Kier alpha value is -1.60. The summed E-state index contributed by atoms with van der Waals surface area (Å²) < 4.78 is 26.5. The summed E-state index contributed by atoms with van der Waals surface area (Å²) in [7, 11) is -3.78. The third kappa shape index (κ3) is 4.44. The smallest absolute Gasteiger partial charge is 0.207 e. The van der Waals surface area contributed by atoms with Gasteiger partial charge in [0, 0.05) is 19.5 Å². The van der Waals surface area contributed by atoms with Crippen LogP contribution in [0.3, 0.4) is 0 Å². The van der Waals surface area contributed by atoms with Crippen LogP contribution in [0.2, 0.25) is 5.02 Å². The Balaban J connectivity index is 3.22. The second-order valence-electron chi connectivity index (χ2n) is 4.92. The minimum absolute atomic E-state index is 0.0137. The Kier molecular flexibility index (Phi) is 6.17. The predicted octanol–water partition coefficient (Wildman–Crippen LogP) is 2.77. The largest absolute Gasteiger partial charge is 0.244 e. The van der Waals surface area contributed by atoms with Gasteiger partial charge in [-0.15, -0.1) is 0 Å². The Morgan fingerprint density at radius 2 is 2.00 bits per heavy atom. The number of nitriles is 2. The monoisotopic (exact) mass is 325 g/mol. The number of hydrogen-bond acceptors (Lipinski definition) is 4. The molecule has 0 aliphatic rings. The molecular weight excluding hydrogens is 310 g/mol. The van der Waals surface area contributed by atoms with Crippen LogP contribution in [0.4, 0.5) is 0 Å². The van der Waals surface area contributed by atoms with Crippen LogP contribution in [-0.4, -0.2) is 25.8 Å². The molecule has 112 valence electrons. The molecule has 0 N–H and O–H groups in total. The average Bonchev–Trinajstić information content (AvgIpc) is 2.42. The van der Waals surface area contributed by atoms with Gasteiger partial charge in [-0.25, -0.2) is 8.42 Å². The van der Waals surface area contributed by atoms with Gasteiger partial charge in [-0.2, -0.15) is 14.8 Å². The lowest BCUT2D eigenvalue weighted by Gasteiger charge is -2.23. The fourth-order valence-corrected chi connectivity index (χ4v) is 3.93. The zero-order valence-corrected chi connectivity index (χ0v) is 13.4. The molecule has 1 aromatic carbocycles. The van der Waals surface area contributed by atoms with Gasteiger partial charge in [-0.3, -0.25) is 0 Å².